The largest absolute Gasteiger partial charge is 0.462 e. The molecule has 2 amide bonds. The number of aromatic nitrogens is 1. The highest BCUT2D eigenvalue weighted by Crippen LogP contribution is 2.56. The number of hydrogen-bond donors (Lipinski definition) is 1. The lowest BCUT2D eigenvalue weighted by Gasteiger charge is -2.29. The van der Waals surface area contributed by atoms with Crippen molar-refractivity contribution >= 4 is 51.7 Å². The molecule has 3 aromatic rings. The van der Waals surface area contributed by atoms with Crippen LogP contribution < -0.4 is 10.2 Å². The van der Waals surface area contributed by atoms with Crippen molar-refractivity contribution in [2.24, 2.45) is 0 Å². The highest BCUT2D eigenvalue weighted by Gasteiger charge is 2.57. The first kappa shape index (κ1) is 20.7. The second kappa shape index (κ2) is 8.07. The molecule has 3 heterocycles. The first-order chi connectivity index (χ1) is 15.5. The van der Waals surface area contributed by atoms with Crippen molar-refractivity contribution in [2.45, 2.75) is 29.5 Å². The molecule has 5 rings (SSSR count). The molecule has 1 N–H and O–H groups in total. The highest BCUT2D eigenvalue weighted by molar-refractivity contribution is 8.02. The molecule has 1 fully saturated rings. The van der Waals surface area contributed by atoms with E-state index < -0.39 is 10.8 Å². The molecule has 0 aliphatic carbocycles. The first-order valence-electron chi connectivity index (χ1n) is 10.2. The Labute approximate surface area is 192 Å². The number of nitrogens with one attached hydrogen (secondary N) is 1. The molecular weight excluding hydrogens is 446 g/mol. The first-order valence-corrected chi connectivity index (χ1v) is 11.8. The van der Waals surface area contributed by atoms with Crippen LogP contribution in [0.25, 0.3) is 11.3 Å². The van der Waals surface area contributed by atoms with Crippen LogP contribution in [0.15, 0.2) is 59.5 Å². The van der Waals surface area contributed by atoms with Crippen LogP contribution in [0.4, 0.5) is 10.8 Å². The van der Waals surface area contributed by atoms with Crippen LogP contribution in [-0.2, 0) is 14.3 Å². The Bertz CT molecular complexity index is 1230. The van der Waals surface area contributed by atoms with E-state index in [-0.39, 0.29) is 18.4 Å². The molecule has 2 aliphatic heterocycles. The van der Waals surface area contributed by atoms with Crippen LogP contribution in [0.2, 0.25) is 0 Å². The van der Waals surface area contributed by atoms with Gasteiger partial charge in [0.15, 0.2) is 10.0 Å². The van der Waals surface area contributed by atoms with Gasteiger partial charge in [-0.1, -0.05) is 65.6 Å². The Hall–Kier alpha value is -3.17. The standard InChI is InChI=1S/C23H19N3O4S2/c1-2-30-20(28)19-18(14-8-4-3-5-9-14)24-22(31-19)25-21(29)23-13-12-17(27)26(23)15-10-6-7-11-16(15)32-23/h3-11H,2,12-13H2,1H3,(H,24,25,29). The molecule has 1 saturated heterocycles. The summed E-state index contributed by atoms with van der Waals surface area (Å²) < 4.78 is 5.19. The van der Waals surface area contributed by atoms with E-state index in [1.165, 1.54) is 11.8 Å². The molecule has 0 saturated carbocycles. The lowest BCUT2D eigenvalue weighted by molar-refractivity contribution is -0.121. The molecule has 1 aromatic heterocycles. The van der Waals surface area contributed by atoms with E-state index in [0.29, 0.717) is 28.5 Å². The van der Waals surface area contributed by atoms with Gasteiger partial charge in [-0.05, 0) is 25.5 Å². The van der Waals surface area contributed by atoms with Crippen LogP contribution in [0.5, 0.6) is 0 Å². The van der Waals surface area contributed by atoms with Gasteiger partial charge in [0.25, 0.3) is 5.91 Å². The van der Waals surface area contributed by atoms with Gasteiger partial charge in [-0.3, -0.25) is 19.8 Å². The quantitative estimate of drug-likeness (QED) is 0.556. The van der Waals surface area contributed by atoms with Gasteiger partial charge < -0.3 is 4.74 Å². The number of benzene rings is 2. The lowest BCUT2D eigenvalue weighted by atomic mass is 10.1. The van der Waals surface area contributed by atoms with Crippen molar-refractivity contribution in [3.05, 3.63) is 59.5 Å². The van der Waals surface area contributed by atoms with E-state index in [2.05, 4.69) is 10.3 Å². The van der Waals surface area contributed by atoms with Crippen molar-refractivity contribution in [3.8, 4) is 11.3 Å². The van der Waals surface area contributed by atoms with E-state index in [4.69, 9.17) is 4.74 Å². The van der Waals surface area contributed by atoms with Gasteiger partial charge in [0.05, 0.1) is 18.0 Å². The summed E-state index contributed by atoms with van der Waals surface area (Å²) in [6.45, 7) is 1.98. The van der Waals surface area contributed by atoms with Gasteiger partial charge in [0.2, 0.25) is 5.91 Å². The van der Waals surface area contributed by atoms with Crippen molar-refractivity contribution in [3.63, 3.8) is 0 Å². The van der Waals surface area contributed by atoms with E-state index >= 15 is 0 Å². The monoisotopic (exact) mass is 465 g/mol. The Morgan fingerprint density at radius 2 is 1.91 bits per heavy atom. The van der Waals surface area contributed by atoms with E-state index in [9.17, 15) is 14.4 Å². The summed E-state index contributed by atoms with van der Waals surface area (Å²) in [6.07, 6.45) is 0.703. The number of fused-ring (bicyclic) bond motifs is 3. The minimum Gasteiger partial charge on any atom is -0.462 e. The minimum atomic E-state index is -1.05. The van der Waals surface area contributed by atoms with Gasteiger partial charge in [0, 0.05) is 16.9 Å². The maximum atomic E-state index is 13.5. The van der Waals surface area contributed by atoms with E-state index in [1.807, 2.05) is 54.6 Å². The number of carbonyl (C=O) groups is 3. The minimum absolute atomic E-state index is 0.0751. The van der Waals surface area contributed by atoms with Crippen LogP contribution in [0.1, 0.15) is 29.4 Å². The van der Waals surface area contributed by atoms with E-state index in [1.54, 1.807) is 11.8 Å². The summed E-state index contributed by atoms with van der Waals surface area (Å²) in [5, 5.41) is 3.17. The van der Waals surface area contributed by atoms with Gasteiger partial charge in [0.1, 0.15) is 4.88 Å². The molecule has 1 unspecified atom stereocenters. The second-order valence-electron chi connectivity index (χ2n) is 7.32. The number of para-hydroxylation sites is 1. The third-order valence-electron chi connectivity index (χ3n) is 5.38. The number of esters is 1. The molecular formula is C23H19N3O4S2. The number of thioether (sulfide) groups is 1. The van der Waals surface area contributed by atoms with Crippen LogP contribution >= 0.6 is 23.1 Å². The number of rotatable bonds is 5. The molecule has 0 radical (unpaired) electrons. The number of nitrogens with zero attached hydrogens (tertiary/aromatic N) is 2. The SMILES string of the molecule is CCOC(=O)c1sc(NC(=O)C23CCC(=O)N2c2ccccc2S3)nc1-c1ccccc1. The predicted molar refractivity (Wildman–Crippen MR) is 124 cm³/mol. The highest BCUT2D eigenvalue weighted by atomic mass is 32.2. The fraction of sp³-hybridized carbons (Fsp3) is 0.217. The predicted octanol–water partition coefficient (Wildman–Crippen LogP) is 4.55. The molecule has 0 bridgehead atoms. The Morgan fingerprint density at radius 3 is 2.69 bits per heavy atom. The van der Waals surface area contributed by atoms with Gasteiger partial charge in [-0.15, -0.1) is 0 Å². The van der Waals surface area contributed by atoms with Gasteiger partial charge >= 0.3 is 5.97 Å². The zero-order chi connectivity index (χ0) is 22.3. The summed E-state index contributed by atoms with van der Waals surface area (Å²) in [5.41, 5.74) is 1.97. The third-order valence-corrected chi connectivity index (χ3v) is 7.81. The summed E-state index contributed by atoms with van der Waals surface area (Å²) in [6, 6.07) is 16.8. The van der Waals surface area contributed by atoms with E-state index in [0.717, 1.165) is 27.5 Å². The summed E-state index contributed by atoms with van der Waals surface area (Å²) in [5.74, 6) is -0.884. The number of thiazole rings is 1. The summed E-state index contributed by atoms with van der Waals surface area (Å²) >= 11 is 2.46. The van der Waals surface area contributed by atoms with Gasteiger partial charge in [-0.25, -0.2) is 9.78 Å². The topological polar surface area (TPSA) is 88.6 Å². The molecule has 0 spiro atoms. The molecule has 2 aromatic carbocycles. The molecule has 7 nitrogen and oxygen atoms in total. The van der Waals surface area contributed by atoms with Crippen LogP contribution in [-0.4, -0.2) is 34.2 Å². The fourth-order valence-electron chi connectivity index (χ4n) is 3.99. The summed E-state index contributed by atoms with van der Waals surface area (Å²) in [4.78, 5) is 45.0. The average Bonchev–Trinajstić information content (AvgIpc) is 3.47. The zero-order valence-corrected chi connectivity index (χ0v) is 18.8. The maximum Gasteiger partial charge on any atom is 0.350 e. The molecule has 162 valence electrons. The number of carbonyl (C=O) groups excluding carboxylic acids is 3. The Balaban J connectivity index is 1.49. The molecule has 2 aliphatic rings. The number of anilines is 2. The van der Waals surface area contributed by atoms with Crippen molar-refractivity contribution in [1.82, 2.24) is 4.98 Å². The van der Waals surface area contributed by atoms with Crippen LogP contribution in [0, 0.1) is 0 Å². The molecule has 1 atom stereocenters. The summed E-state index contributed by atoms with van der Waals surface area (Å²) in [7, 11) is 0. The Kier molecular flexibility index (Phi) is 5.22. The maximum absolute atomic E-state index is 13.5. The normalized spacial score (nSPS) is 18.9. The average molecular weight is 466 g/mol. The fourth-order valence-corrected chi connectivity index (χ4v) is 6.28. The third kappa shape index (κ3) is 3.28. The molecule has 9 heteroatoms. The number of ether oxygens (including phenoxy) is 1. The van der Waals surface area contributed by atoms with Crippen LogP contribution in [0.3, 0.4) is 0 Å². The van der Waals surface area contributed by atoms with Crippen molar-refractivity contribution in [1.29, 1.82) is 0 Å². The van der Waals surface area contributed by atoms with Crippen molar-refractivity contribution < 1.29 is 19.1 Å². The number of hydrogen-bond acceptors (Lipinski definition) is 7. The molecule has 32 heavy (non-hydrogen) atoms. The Morgan fingerprint density at radius 1 is 1.16 bits per heavy atom. The smallest absolute Gasteiger partial charge is 0.350 e. The van der Waals surface area contributed by atoms with Crippen molar-refractivity contribution in [2.75, 3.05) is 16.8 Å². The van der Waals surface area contributed by atoms with Gasteiger partial charge in [-0.2, -0.15) is 0 Å². The lowest BCUT2D eigenvalue weighted by Crippen LogP contribution is -2.49. The zero-order valence-electron chi connectivity index (χ0n) is 17.2. The number of amides is 2. The second-order valence-corrected chi connectivity index (χ2v) is 9.64.